The molecule has 1 aromatic heterocycles. The van der Waals surface area contributed by atoms with Crippen LogP contribution in [0.2, 0.25) is 0 Å². The van der Waals surface area contributed by atoms with Crippen LogP contribution in [0.4, 0.5) is 0 Å². The topological polar surface area (TPSA) is 42.9 Å². The van der Waals surface area contributed by atoms with E-state index in [1.807, 2.05) is 6.07 Å². The number of aldehydes is 1. The zero-order valence-corrected chi connectivity index (χ0v) is 9.39. The lowest BCUT2D eigenvalue weighted by Crippen LogP contribution is -1.94. The van der Waals surface area contributed by atoms with E-state index in [-0.39, 0.29) is 5.82 Å². The summed E-state index contributed by atoms with van der Waals surface area (Å²) in [6.45, 7) is 0. The Bertz CT molecular complexity index is 578. The van der Waals surface area contributed by atoms with Crippen molar-refractivity contribution in [3.63, 3.8) is 0 Å². The molecule has 1 aromatic carbocycles. The van der Waals surface area contributed by atoms with E-state index < -0.39 is 0 Å². The standard InChI is InChI=1S/C14H12N2O/c17-9-14-15-7-6-13(16-14)12-5-4-10-2-1-3-11(10)8-12/h4-9H,1-3H2. The molecule has 0 unspecified atom stereocenters. The Morgan fingerprint density at radius 3 is 2.88 bits per heavy atom. The maximum Gasteiger partial charge on any atom is 0.193 e. The summed E-state index contributed by atoms with van der Waals surface area (Å²) in [5.41, 5.74) is 4.74. The minimum Gasteiger partial charge on any atom is -0.294 e. The van der Waals surface area contributed by atoms with Crippen LogP contribution < -0.4 is 0 Å². The third-order valence-electron chi connectivity index (χ3n) is 3.17. The zero-order chi connectivity index (χ0) is 11.7. The smallest absolute Gasteiger partial charge is 0.193 e. The quantitative estimate of drug-likeness (QED) is 0.736. The van der Waals surface area contributed by atoms with Crippen molar-refractivity contribution >= 4 is 6.29 Å². The fourth-order valence-corrected chi connectivity index (χ4v) is 2.32. The molecule has 1 heterocycles. The Morgan fingerprint density at radius 2 is 2.00 bits per heavy atom. The average molecular weight is 224 g/mol. The molecule has 0 amide bonds. The Labute approximate surface area is 99.5 Å². The van der Waals surface area contributed by atoms with Gasteiger partial charge in [-0.05, 0) is 42.5 Å². The molecule has 0 spiro atoms. The molecule has 3 rings (SSSR count). The van der Waals surface area contributed by atoms with Gasteiger partial charge in [0.25, 0.3) is 0 Å². The largest absolute Gasteiger partial charge is 0.294 e. The molecule has 3 heteroatoms. The van der Waals surface area contributed by atoms with Gasteiger partial charge in [-0.15, -0.1) is 0 Å². The lowest BCUT2D eigenvalue weighted by Gasteiger charge is -2.04. The van der Waals surface area contributed by atoms with Gasteiger partial charge in [0.15, 0.2) is 12.1 Å². The van der Waals surface area contributed by atoms with Crippen molar-refractivity contribution in [1.82, 2.24) is 9.97 Å². The fourth-order valence-electron chi connectivity index (χ4n) is 2.32. The summed E-state index contributed by atoms with van der Waals surface area (Å²) in [5.74, 6) is 0.239. The Kier molecular flexibility index (Phi) is 2.44. The van der Waals surface area contributed by atoms with Gasteiger partial charge in [-0.25, -0.2) is 9.97 Å². The molecule has 2 aromatic rings. The molecule has 1 aliphatic carbocycles. The van der Waals surface area contributed by atoms with Crippen LogP contribution >= 0.6 is 0 Å². The molecule has 0 atom stereocenters. The fraction of sp³-hybridized carbons (Fsp3) is 0.214. The van der Waals surface area contributed by atoms with Gasteiger partial charge in [-0.3, -0.25) is 4.79 Å². The molecule has 0 N–H and O–H groups in total. The van der Waals surface area contributed by atoms with E-state index in [2.05, 4.69) is 28.2 Å². The van der Waals surface area contributed by atoms with E-state index in [1.54, 1.807) is 6.20 Å². The molecule has 3 nitrogen and oxygen atoms in total. The third kappa shape index (κ3) is 1.84. The van der Waals surface area contributed by atoms with E-state index in [4.69, 9.17) is 0 Å². The van der Waals surface area contributed by atoms with Crippen LogP contribution in [0.25, 0.3) is 11.3 Å². The third-order valence-corrected chi connectivity index (χ3v) is 3.17. The van der Waals surface area contributed by atoms with Crippen molar-refractivity contribution in [2.45, 2.75) is 19.3 Å². The van der Waals surface area contributed by atoms with Gasteiger partial charge >= 0.3 is 0 Å². The summed E-state index contributed by atoms with van der Waals surface area (Å²) in [4.78, 5) is 18.7. The molecule has 0 radical (unpaired) electrons. The maximum atomic E-state index is 10.7. The highest BCUT2D eigenvalue weighted by molar-refractivity contribution is 5.71. The Hall–Kier alpha value is -2.03. The normalized spacial score (nSPS) is 13.4. The second-order valence-electron chi connectivity index (χ2n) is 4.25. The van der Waals surface area contributed by atoms with Crippen LogP contribution in [0.15, 0.2) is 30.5 Å². The van der Waals surface area contributed by atoms with Gasteiger partial charge < -0.3 is 0 Å². The highest BCUT2D eigenvalue weighted by atomic mass is 16.1. The monoisotopic (exact) mass is 224 g/mol. The van der Waals surface area contributed by atoms with Crippen molar-refractivity contribution in [1.29, 1.82) is 0 Å². The van der Waals surface area contributed by atoms with Crippen LogP contribution in [0.3, 0.4) is 0 Å². The lowest BCUT2D eigenvalue weighted by atomic mass is 10.0. The summed E-state index contributed by atoms with van der Waals surface area (Å²) in [7, 11) is 0. The number of carbonyl (C=O) groups excluding carboxylic acids is 1. The lowest BCUT2D eigenvalue weighted by molar-refractivity contribution is 0.111. The predicted octanol–water partition coefficient (Wildman–Crippen LogP) is 2.44. The van der Waals surface area contributed by atoms with E-state index in [0.29, 0.717) is 6.29 Å². The molecule has 17 heavy (non-hydrogen) atoms. The zero-order valence-electron chi connectivity index (χ0n) is 9.39. The van der Waals surface area contributed by atoms with Gasteiger partial charge in [0.2, 0.25) is 0 Å². The number of benzene rings is 1. The highest BCUT2D eigenvalue weighted by Gasteiger charge is 2.12. The molecule has 0 saturated heterocycles. The maximum absolute atomic E-state index is 10.7. The van der Waals surface area contributed by atoms with Crippen LogP contribution in [-0.4, -0.2) is 16.3 Å². The second-order valence-corrected chi connectivity index (χ2v) is 4.25. The van der Waals surface area contributed by atoms with Crippen molar-refractivity contribution in [2.75, 3.05) is 0 Å². The van der Waals surface area contributed by atoms with E-state index in [1.165, 1.54) is 24.0 Å². The summed E-state index contributed by atoms with van der Waals surface area (Å²) in [6.07, 6.45) is 5.87. The number of aromatic nitrogens is 2. The first-order valence-electron chi connectivity index (χ1n) is 5.77. The first-order chi connectivity index (χ1) is 8.36. The predicted molar refractivity (Wildman–Crippen MR) is 64.9 cm³/mol. The summed E-state index contributed by atoms with van der Waals surface area (Å²) in [6, 6.07) is 8.25. The molecule has 0 aliphatic heterocycles. The first-order valence-corrected chi connectivity index (χ1v) is 5.77. The van der Waals surface area contributed by atoms with Crippen molar-refractivity contribution in [3.8, 4) is 11.3 Å². The van der Waals surface area contributed by atoms with E-state index in [0.717, 1.165) is 17.7 Å². The Morgan fingerprint density at radius 1 is 1.12 bits per heavy atom. The molecular formula is C14H12N2O. The first kappa shape index (κ1) is 10.1. The minimum absolute atomic E-state index is 0.239. The number of fused-ring (bicyclic) bond motifs is 1. The van der Waals surface area contributed by atoms with Gasteiger partial charge in [0.1, 0.15) is 0 Å². The molecule has 84 valence electrons. The van der Waals surface area contributed by atoms with Gasteiger partial charge in [-0.1, -0.05) is 12.1 Å². The van der Waals surface area contributed by atoms with Crippen molar-refractivity contribution < 1.29 is 4.79 Å². The molecule has 0 fully saturated rings. The average Bonchev–Trinajstić information content (AvgIpc) is 2.86. The van der Waals surface area contributed by atoms with Crippen LogP contribution in [0.1, 0.15) is 28.2 Å². The molecule has 0 saturated carbocycles. The summed E-state index contributed by atoms with van der Waals surface area (Å²) >= 11 is 0. The van der Waals surface area contributed by atoms with E-state index >= 15 is 0 Å². The number of hydrogen-bond donors (Lipinski definition) is 0. The van der Waals surface area contributed by atoms with Crippen LogP contribution in [0, 0.1) is 0 Å². The number of aryl methyl sites for hydroxylation is 2. The van der Waals surface area contributed by atoms with Crippen molar-refractivity contribution in [3.05, 3.63) is 47.4 Å². The SMILES string of the molecule is O=Cc1nccc(-c2ccc3c(c2)CCC3)n1. The summed E-state index contributed by atoms with van der Waals surface area (Å²) in [5, 5.41) is 0. The summed E-state index contributed by atoms with van der Waals surface area (Å²) < 4.78 is 0. The van der Waals surface area contributed by atoms with Crippen LogP contribution in [-0.2, 0) is 12.8 Å². The second kappa shape index (κ2) is 4.09. The van der Waals surface area contributed by atoms with Crippen molar-refractivity contribution in [2.24, 2.45) is 0 Å². The van der Waals surface area contributed by atoms with Gasteiger partial charge in [0.05, 0.1) is 5.69 Å². The molecular weight excluding hydrogens is 212 g/mol. The molecule has 0 bridgehead atoms. The minimum atomic E-state index is 0.239. The molecule has 1 aliphatic rings. The Balaban J connectivity index is 2.06. The van der Waals surface area contributed by atoms with Crippen LogP contribution in [0.5, 0.6) is 0 Å². The number of nitrogens with zero attached hydrogens (tertiary/aromatic N) is 2. The number of carbonyl (C=O) groups is 1. The number of hydrogen-bond acceptors (Lipinski definition) is 3. The number of rotatable bonds is 2. The van der Waals surface area contributed by atoms with Gasteiger partial charge in [0, 0.05) is 11.8 Å². The van der Waals surface area contributed by atoms with E-state index in [9.17, 15) is 4.79 Å². The van der Waals surface area contributed by atoms with Gasteiger partial charge in [-0.2, -0.15) is 0 Å². The highest BCUT2D eigenvalue weighted by Crippen LogP contribution is 2.26.